The van der Waals surface area contributed by atoms with E-state index in [2.05, 4.69) is 16.0 Å². The molecule has 0 aromatic carbocycles. The number of aliphatic carboxylic acids is 1. The normalized spacial score (nSPS) is 15.8. The minimum atomic E-state index is -1.54. The van der Waals surface area contributed by atoms with Gasteiger partial charge in [0.05, 0.1) is 19.1 Å². The van der Waals surface area contributed by atoms with Crippen LogP contribution in [0.2, 0.25) is 0 Å². The first-order valence-corrected chi connectivity index (χ1v) is 10.3. The van der Waals surface area contributed by atoms with Crippen molar-refractivity contribution < 1.29 is 39.3 Å². The predicted molar refractivity (Wildman–Crippen MR) is 107 cm³/mol. The summed E-state index contributed by atoms with van der Waals surface area (Å²) in [6.45, 7) is 0.377. The lowest BCUT2D eigenvalue weighted by molar-refractivity contribution is -0.142. The lowest BCUT2D eigenvalue weighted by Gasteiger charge is -2.24. The summed E-state index contributed by atoms with van der Waals surface area (Å²) < 4.78 is 0. The highest BCUT2D eigenvalue weighted by molar-refractivity contribution is 7.98. The summed E-state index contributed by atoms with van der Waals surface area (Å²) in [6, 6.07) is -5.71. The summed E-state index contributed by atoms with van der Waals surface area (Å²) in [4.78, 5) is 59.2. The maximum atomic E-state index is 12.4. The molecule has 0 fully saturated rings. The van der Waals surface area contributed by atoms with E-state index < -0.39 is 72.9 Å². The van der Waals surface area contributed by atoms with E-state index in [9.17, 15) is 39.3 Å². The predicted octanol–water partition coefficient (Wildman–Crippen LogP) is -4.15. The molecule has 0 aromatic heterocycles. The quantitative estimate of drug-likeness (QED) is 0.127. The number of thioether (sulfide) groups is 1. The van der Waals surface area contributed by atoms with Crippen LogP contribution in [0.1, 0.15) is 19.8 Å². The molecular formula is C16H29N5O8S. The molecule has 10 N–H and O–H groups in total. The molecule has 0 radical (unpaired) electrons. The number of aliphatic hydroxyl groups excluding tert-OH is 2. The van der Waals surface area contributed by atoms with Gasteiger partial charge in [-0.2, -0.15) is 11.8 Å². The topological polar surface area (TPSA) is 234 Å². The van der Waals surface area contributed by atoms with E-state index >= 15 is 0 Å². The SMILES string of the molecule is CSCCC(NC(=O)C(CC(N)=O)NC(=O)C(CO)NC(=O)C(N)C(C)O)C(=O)O. The fourth-order valence-electron chi connectivity index (χ4n) is 2.13. The Morgan fingerprint density at radius 1 is 0.967 bits per heavy atom. The zero-order valence-electron chi connectivity index (χ0n) is 16.7. The van der Waals surface area contributed by atoms with E-state index in [0.29, 0.717) is 5.75 Å². The Bertz CT molecular complexity index is 633. The first-order valence-electron chi connectivity index (χ1n) is 8.90. The maximum Gasteiger partial charge on any atom is 0.326 e. The minimum absolute atomic E-state index is 0.103. The van der Waals surface area contributed by atoms with Crippen LogP contribution in [0.5, 0.6) is 0 Å². The third-order valence-corrected chi connectivity index (χ3v) is 4.55. The molecule has 172 valence electrons. The summed E-state index contributed by atoms with van der Waals surface area (Å²) in [5.41, 5.74) is 10.5. The number of hydrogen-bond donors (Lipinski definition) is 8. The Morgan fingerprint density at radius 3 is 1.90 bits per heavy atom. The van der Waals surface area contributed by atoms with Gasteiger partial charge in [-0.15, -0.1) is 0 Å². The van der Waals surface area contributed by atoms with Crippen LogP contribution in [0.15, 0.2) is 0 Å². The fourth-order valence-corrected chi connectivity index (χ4v) is 2.60. The second kappa shape index (κ2) is 13.7. The third-order valence-electron chi connectivity index (χ3n) is 3.90. The van der Waals surface area contributed by atoms with Crippen LogP contribution < -0.4 is 27.4 Å². The highest BCUT2D eigenvalue weighted by Gasteiger charge is 2.31. The molecule has 0 rings (SSSR count). The van der Waals surface area contributed by atoms with Crippen molar-refractivity contribution in [3.63, 3.8) is 0 Å². The number of nitrogens with one attached hydrogen (secondary N) is 3. The number of aliphatic hydroxyl groups is 2. The van der Waals surface area contributed by atoms with E-state index in [-0.39, 0.29) is 6.42 Å². The standard InChI is InChI=1S/C16H29N5O8S/c1-7(23)12(18)15(27)21-10(6-22)14(26)20-9(5-11(17)24)13(25)19-8(16(28)29)3-4-30-2/h7-10,12,22-23H,3-6,18H2,1-2H3,(H2,17,24)(H,19,25)(H,20,26)(H,21,27)(H,28,29). The molecule has 0 bridgehead atoms. The summed E-state index contributed by atoms with van der Waals surface area (Å²) in [7, 11) is 0. The fraction of sp³-hybridized carbons (Fsp3) is 0.688. The lowest BCUT2D eigenvalue weighted by atomic mass is 10.1. The van der Waals surface area contributed by atoms with Crippen molar-refractivity contribution in [2.75, 3.05) is 18.6 Å². The number of hydrogen-bond acceptors (Lipinski definition) is 9. The molecule has 13 nitrogen and oxygen atoms in total. The zero-order chi connectivity index (χ0) is 23.4. The van der Waals surface area contributed by atoms with Crippen LogP contribution in [0.3, 0.4) is 0 Å². The summed E-state index contributed by atoms with van der Waals surface area (Å²) >= 11 is 1.37. The smallest absolute Gasteiger partial charge is 0.326 e. The molecule has 0 aromatic rings. The van der Waals surface area contributed by atoms with Crippen LogP contribution in [0.25, 0.3) is 0 Å². The van der Waals surface area contributed by atoms with Gasteiger partial charge in [0.1, 0.15) is 24.2 Å². The summed E-state index contributed by atoms with van der Waals surface area (Å²) in [6.07, 6.45) is -0.0171. The molecule has 0 aliphatic heterocycles. The molecule has 0 spiro atoms. The van der Waals surface area contributed by atoms with Gasteiger partial charge in [0.15, 0.2) is 0 Å². The molecule has 5 unspecified atom stereocenters. The number of primary amides is 1. The average Bonchev–Trinajstić information content (AvgIpc) is 2.66. The molecule has 5 atom stereocenters. The van der Waals surface area contributed by atoms with Gasteiger partial charge in [-0.1, -0.05) is 0 Å². The molecule has 30 heavy (non-hydrogen) atoms. The minimum Gasteiger partial charge on any atom is -0.480 e. The molecular weight excluding hydrogens is 422 g/mol. The maximum absolute atomic E-state index is 12.4. The second-order valence-electron chi connectivity index (χ2n) is 6.42. The summed E-state index contributed by atoms with van der Waals surface area (Å²) in [5, 5.41) is 34.3. The number of carbonyl (C=O) groups is 5. The van der Waals surface area contributed by atoms with E-state index in [1.54, 1.807) is 6.26 Å². The van der Waals surface area contributed by atoms with Crippen molar-refractivity contribution in [3.05, 3.63) is 0 Å². The van der Waals surface area contributed by atoms with Crippen LogP contribution in [0, 0.1) is 0 Å². The van der Waals surface area contributed by atoms with Crippen molar-refractivity contribution in [3.8, 4) is 0 Å². The Kier molecular flexibility index (Phi) is 12.6. The monoisotopic (exact) mass is 451 g/mol. The highest BCUT2D eigenvalue weighted by atomic mass is 32.2. The van der Waals surface area contributed by atoms with Gasteiger partial charge in [-0.25, -0.2) is 4.79 Å². The van der Waals surface area contributed by atoms with Crippen molar-refractivity contribution in [2.45, 2.75) is 50.0 Å². The molecule has 4 amide bonds. The van der Waals surface area contributed by atoms with Crippen LogP contribution in [-0.2, 0) is 24.0 Å². The molecule has 14 heteroatoms. The van der Waals surface area contributed by atoms with Crippen molar-refractivity contribution in [1.82, 2.24) is 16.0 Å². The zero-order valence-corrected chi connectivity index (χ0v) is 17.5. The molecule has 0 aliphatic rings. The lowest BCUT2D eigenvalue weighted by Crippen LogP contribution is -2.59. The highest BCUT2D eigenvalue weighted by Crippen LogP contribution is 2.03. The van der Waals surface area contributed by atoms with E-state index in [1.165, 1.54) is 18.7 Å². The molecule has 0 saturated carbocycles. The van der Waals surface area contributed by atoms with Gasteiger partial charge in [0.2, 0.25) is 23.6 Å². The molecule has 0 heterocycles. The number of nitrogens with two attached hydrogens (primary N) is 2. The summed E-state index contributed by atoms with van der Waals surface area (Å²) in [5.74, 6) is -4.76. The van der Waals surface area contributed by atoms with Crippen molar-refractivity contribution in [1.29, 1.82) is 0 Å². The molecule has 0 aliphatic carbocycles. The first kappa shape index (κ1) is 27.6. The number of carboxylic acids is 1. The number of carbonyl (C=O) groups excluding carboxylic acids is 4. The Balaban J connectivity index is 5.26. The van der Waals surface area contributed by atoms with Crippen LogP contribution in [0.4, 0.5) is 0 Å². The van der Waals surface area contributed by atoms with Gasteiger partial charge < -0.3 is 42.7 Å². The van der Waals surface area contributed by atoms with Gasteiger partial charge in [-0.3, -0.25) is 19.2 Å². The number of carboxylic acid groups (broad SMARTS) is 1. The third kappa shape index (κ3) is 9.87. The number of rotatable bonds is 14. The largest absolute Gasteiger partial charge is 0.480 e. The Labute approximate surface area is 177 Å². The second-order valence-corrected chi connectivity index (χ2v) is 7.41. The first-order chi connectivity index (χ1) is 13.9. The van der Waals surface area contributed by atoms with Gasteiger partial charge in [-0.05, 0) is 25.4 Å². The molecule has 0 saturated heterocycles. The number of amides is 4. The van der Waals surface area contributed by atoms with E-state index in [0.717, 1.165) is 0 Å². The van der Waals surface area contributed by atoms with Gasteiger partial charge in [0, 0.05) is 0 Å². The Hall–Kier alpha value is -2.42. The van der Waals surface area contributed by atoms with Crippen molar-refractivity contribution in [2.24, 2.45) is 11.5 Å². The van der Waals surface area contributed by atoms with Crippen LogP contribution in [-0.4, -0.2) is 93.8 Å². The van der Waals surface area contributed by atoms with Crippen LogP contribution >= 0.6 is 11.8 Å². The average molecular weight is 452 g/mol. The van der Waals surface area contributed by atoms with Gasteiger partial charge >= 0.3 is 5.97 Å². The van der Waals surface area contributed by atoms with Gasteiger partial charge in [0.25, 0.3) is 0 Å². The Morgan fingerprint density at radius 2 is 1.47 bits per heavy atom. The van der Waals surface area contributed by atoms with E-state index in [1.807, 2.05) is 0 Å². The van der Waals surface area contributed by atoms with E-state index in [4.69, 9.17) is 11.5 Å². The van der Waals surface area contributed by atoms with Crippen molar-refractivity contribution >= 4 is 41.4 Å².